The van der Waals surface area contributed by atoms with Crippen molar-refractivity contribution in [3.05, 3.63) is 54.4 Å². The van der Waals surface area contributed by atoms with Crippen molar-refractivity contribution in [1.29, 1.82) is 0 Å². The van der Waals surface area contributed by atoms with E-state index in [0.717, 1.165) is 17.0 Å². The van der Waals surface area contributed by atoms with Gasteiger partial charge in [-0.1, -0.05) is 30.3 Å². The van der Waals surface area contributed by atoms with Crippen LogP contribution in [-0.4, -0.2) is 17.2 Å². The molecule has 0 aliphatic carbocycles. The van der Waals surface area contributed by atoms with E-state index in [1.54, 1.807) is 6.20 Å². The zero-order valence-electron chi connectivity index (χ0n) is 9.11. The van der Waals surface area contributed by atoms with Gasteiger partial charge < -0.3 is 0 Å². The first-order chi connectivity index (χ1) is 8.43. The second-order valence-corrected chi connectivity index (χ2v) is 3.73. The molecule has 1 aromatic heterocycles. The predicted molar refractivity (Wildman–Crippen MR) is 65.9 cm³/mol. The summed E-state index contributed by atoms with van der Waals surface area (Å²) < 4.78 is 0. The largest absolute Gasteiger partial charge is 0.255 e. The molecule has 0 N–H and O–H groups in total. The van der Waals surface area contributed by atoms with Gasteiger partial charge >= 0.3 is 0 Å². The van der Waals surface area contributed by atoms with Crippen molar-refractivity contribution < 1.29 is 0 Å². The minimum Gasteiger partial charge on any atom is -0.255 e. The fraction of sp³-hybridized carbons (Fsp3) is 0.0769. The Morgan fingerprint density at radius 1 is 0.941 bits per heavy atom. The first-order valence-electron chi connectivity index (χ1n) is 5.39. The second kappa shape index (κ2) is 4.25. The summed E-state index contributed by atoms with van der Waals surface area (Å²) in [6.45, 7) is 0.519. The van der Waals surface area contributed by atoms with Crippen LogP contribution in [0.2, 0.25) is 0 Å². The molecule has 4 heteroatoms. The Bertz CT molecular complexity index is 587. The monoisotopic (exact) mass is 222 g/mol. The minimum absolute atomic E-state index is 0.519. The number of nitrogens with zero attached hydrogens (tertiary/aromatic N) is 4. The van der Waals surface area contributed by atoms with Gasteiger partial charge in [-0.15, -0.1) is 5.10 Å². The van der Waals surface area contributed by atoms with E-state index in [-0.39, 0.29) is 0 Å². The van der Waals surface area contributed by atoms with Crippen molar-refractivity contribution in [2.45, 2.75) is 0 Å². The topological polar surface area (TPSA) is 50.0 Å². The number of hydrogen-bond acceptors (Lipinski definition) is 4. The molecule has 0 atom stereocenters. The molecule has 2 heterocycles. The lowest BCUT2D eigenvalue weighted by atomic mass is 10.1. The van der Waals surface area contributed by atoms with Crippen molar-refractivity contribution in [3.63, 3.8) is 0 Å². The molecule has 4 nitrogen and oxygen atoms in total. The average molecular weight is 222 g/mol. The van der Waals surface area contributed by atoms with Crippen LogP contribution in [0.25, 0.3) is 11.1 Å². The first-order valence-corrected chi connectivity index (χ1v) is 5.39. The third-order valence-corrected chi connectivity index (χ3v) is 2.61. The summed E-state index contributed by atoms with van der Waals surface area (Å²) in [5, 5.41) is 11.4. The number of pyridine rings is 1. The number of rotatable bonds is 2. The van der Waals surface area contributed by atoms with Crippen LogP contribution in [0.1, 0.15) is 5.69 Å². The van der Waals surface area contributed by atoms with Crippen LogP contribution in [0.5, 0.6) is 0 Å². The van der Waals surface area contributed by atoms with Crippen LogP contribution in [-0.2, 0) is 0 Å². The fourth-order valence-electron chi connectivity index (χ4n) is 1.75. The molecule has 3 rings (SSSR count). The molecule has 0 saturated carbocycles. The maximum absolute atomic E-state index is 4.30. The summed E-state index contributed by atoms with van der Waals surface area (Å²) in [5.74, 6) is 0. The lowest BCUT2D eigenvalue weighted by Crippen LogP contribution is -2.04. The lowest BCUT2D eigenvalue weighted by molar-refractivity contribution is 1.06. The summed E-state index contributed by atoms with van der Waals surface area (Å²) in [4.78, 5) is 4.30. The first kappa shape index (κ1) is 9.84. The van der Waals surface area contributed by atoms with Crippen LogP contribution in [0.15, 0.2) is 64.1 Å². The Morgan fingerprint density at radius 3 is 2.59 bits per heavy atom. The van der Waals surface area contributed by atoms with Crippen molar-refractivity contribution >= 4 is 5.71 Å². The molecule has 1 aliphatic heterocycles. The van der Waals surface area contributed by atoms with E-state index < -0.39 is 0 Å². The highest BCUT2D eigenvalue weighted by Gasteiger charge is 2.09. The normalized spacial score (nSPS) is 13.8. The standard InChI is InChI=1S/C13H10N4/c1-2-4-10(5-3-1)11-6-7-14-12(8-11)13-9-15-17-16-13/h1-8H,9H2. The lowest BCUT2D eigenvalue weighted by Gasteiger charge is -2.03. The van der Waals surface area contributed by atoms with Gasteiger partial charge in [-0.3, -0.25) is 4.98 Å². The summed E-state index contributed by atoms with van der Waals surface area (Å²) in [7, 11) is 0. The van der Waals surface area contributed by atoms with Gasteiger partial charge in [-0.2, -0.15) is 5.11 Å². The molecule has 0 spiro atoms. The van der Waals surface area contributed by atoms with E-state index in [1.807, 2.05) is 30.3 Å². The number of hydrogen-bond donors (Lipinski definition) is 0. The van der Waals surface area contributed by atoms with Gasteiger partial charge in [0.15, 0.2) is 0 Å². The smallest absolute Gasteiger partial charge is 0.114 e. The van der Waals surface area contributed by atoms with E-state index in [0.29, 0.717) is 6.54 Å². The average Bonchev–Trinajstić information content (AvgIpc) is 2.94. The van der Waals surface area contributed by atoms with Gasteiger partial charge in [0, 0.05) is 6.20 Å². The molecular weight excluding hydrogens is 212 g/mol. The molecule has 2 aromatic rings. The van der Waals surface area contributed by atoms with Gasteiger partial charge in [0.25, 0.3) is 0 Å². The van der Waals surface area contributed by atoms with Crippen LogP contribution in [0.4, 0.5) is 0 Å². The van der Waals surface area contributed by atoms with E-state index in [9.17, 15) is 0 Å². The van der Waals surface area contributed by atoms with Crippen LogP contribution in [0, 0.1) is 0 Å². The molecule has 0 amide bonds. The molecule has 1 aliphatic rings. The highest BCUT2D eigenvalue weighted by atomic mass is 15.4. The van der Waals surface area contributed by atoms with Crippen LogP contribution >= 0.6 is 0 Å². The predicted octanol–water partition coefficient (Wildman–Crippen LogP) is 2.92. The molecule has 82 valence electrons. The van der Waals surface area contributed by atoms with Crippen molar-refractivity contribution in [2.75, 3.05) is 6.54 Å². The third kappa shape index (κ3) is 1.97. The summed E-state index contributed by atoms with van der Waals surface area (Å²) in [5.41, 5.74) is 3.97. The Balaban J connectivity index is 2.00. The van der Waals surface area contributed by atoms with Crippen molar-refractivity contribution in [1.82, 2.24) is 4.98 Å². The maximum atomic E-state index is 4.30. The quantitative estimate of drug-likeness (QED) is 0.770. The SMILES string of the molecule is c1ccc(-c2ccnc(C3=NN=NC3)c2)cc1. The van der Waals surface area contributed by atoms with Gasteiger partial charge in [-0.05, 0) is 28.5 Å². The minimum atomic E-state index is 0.519. The zero-order chi connectivity index (χ0) is 11.5. The molecule has 0 bridgehead atoms. The Morgan fingerprint density at radius 2 is 1.82 bits per heavy atom. The highest BCUT2D eigenvalue weighted by Crippen LogP contribution is 2.19. The van der Waals surface area contributed by atoms with Gasteiger partial charge in [0.2, 0.25) is 0 Å². The van der Waals surface area contributed by atoms with Gasteiger partial charge in [0.05, 0.1) is 5.69 Å². The number of benzene rings is 1. The second-order valence-electron chi connectivity index (χ2n) is 3.73. The van der Waals surface area contributed by atoms with Crippen LogP contribution < -0.4 is 0 Å². The Hall–Kier alpha value is -2.36. The molecule has 0 unspecified atom stereocenters. The fourth-order valence-corrected chi connectivity index (χ4v) is 1.75. The molecule has 0 saturated heterocycles. The zero-order valence-corrected chi connectivity index (χ0v) is 9.11. The molecule has 17 heavy (non-hydrogen) atoms. The summed E-state index contributed by atoms with van der Waals surface area (Å²) >= 11 is 0. The van der Waals surface area contributed by atoms with E-state index >= 15 is 0 Å². The molecule has 1 aromatic carbocycles. The Labute approximate surface area is 98.7 Å². The van der Waals surface area contributed by atoms with Crippen molar-refractivity contribution in [3.8, 4) is 11.1 Å². The third-order valence-electron chi connectivity index (χ3n) is 2.61. The van der Waals surface area contributed by atoms with Gasteiger partial charge in [-0.25, -0.2) is 0 Å². The van der Waals surface area contributed by atoms with Crippen molar-refractivity contribution in [2.24, 2.45) is 15.4 Å². The summed E-state index contributed by atoms with van der Waals surface area (Å²) in [6.07, 6.45) is 1.79. The van der Waals surface area contributed by atoms with Gasteiger partial charge in [0.1, 0.15) is 12.3 Å². The summed E-state index contributed by atoms with van der Waals surface area (Å²) in [6, 6.07) is 14.2. The van der Waals surface area contributed by atoms with Crippen LogP contribution in [0.3, 0.4) is 0 Å². The Kier molecular flexibility index (Phi) is 2.46. The number of aromatic nitrogens is 1. The van der Waals surface area contributed by atoms with E-state index in [4.69, 9.17) is 0 Å². The molecule has 0 fully saturated rings. The molecule has 0 radical (unpaired) electrons. The molecular formula is C13H10N4. The highest BCUT2D eigenvalue weighted by molar-refractivity contribution is 6.01. The van der Waals surface area contributed by atoms with E-state index in [1.165, 1.54) is 5.56 Å². The maximum Gasteiger partial charge on any atom is 0.114 e. The van der Waals surface area contributed by atoms with E-state index in [2.05, 4.69) is 32.6 Å².